The molecule has 0 aliphatic carbocycles. The molecular formula is C19H14NO4. The molecular weight excluding hydrogens is 306 g/mol. The van der Waals surface area contributed by atoms with Gasteiger partial charge in [-0.2, -0.15) is 0 Å². The van der Waals surface area contributed by atoms with E-state index in [0.29, 0.717) is 22.2 Å². The van der Waals surface area contributed by atoms with Gasteiger partial charge in [-0.1, -0.05) is 24.3 Å². The van der Waals surface area contributed by atoms with Gasteiger partial charge in [0.15, 0.2) is 0 Å². The zero-order chi connectivity index (χ0) is 17.1. The van der Waals surface area contributed by atoms with Crippen molar-refractivity contribution >= 4 is 28.7 Å². The van der Waals surface area contributed by atoms with Crippen molar-refractivity contribution in [3.63, 3.8) is 0 Å². The van der Waals surface area contributed by atoms with Crippen LogP contribution in [0.5, 0.6) is 11.5 Å². The summed E-state index contributed by atoms with van der Waals surface area (Å²) in [5.74, 6) is -0.223. The Hall–Kier alpha value is -3.34. The van der Waals surface area contributed by atoms with Gasteiger partial charge in [0, 0.05) is 5.69 Å². The molecule has 0 spiro atoms. The lowest BCUT2D eigenvalue weighted by molar-refractivity contribution is 0.102. The van der Waals surface area contributed by atoms with Gasteiger partial charge >= 0.3 is 0 Å². The van der Waals surface area contributed by atoms with Crippen molar-refractivity contribution in [2.45, 2.75) is 0 Å². The van der Waals surface area contributed by atoms with Crippen LogP contribution in [0.15, 0.2) is 54.6 Å². The molecule has 0 aliphatic rings. The summed E-state index contributed by atoms with van der Waals surface area (Å²) in [7, 11) is 1.55. The quantitative estimate of drug-likeness (QED) is 0.773. The second kappa shape index (κ2) is 6.42. The number of rotatable bonds is 4. The number of aromatic hydroxyl groups is 1. The summed E-state index contributed by atoms with van der Waals surface area (Å²) >= 11 is 0. The molecule has 3 aromatic carbocycles. The smallest absolute Gasteiger partial charge is 0.260 e. The topological polar surface area (TPSA) is 75.6 Å². The van der Waals surface area contributed by atoms with Crippen molar-refractivity contribution in [3.8, 4) is 11.5 Å². The Labute approximate surface area is 138 Å². The Morgan fingerprint density at radius 3 is 2.50 bits per heavy atom. The molecule has 1 amide bonds. The predicted octanol–water partition coefficient (Wildman–Crippen LogP) is 3.26. The van der Waals surface area contributed by atoms with Crippen molar-refractivity contribution in [1.29, 1.82) is 0 Å². The van der Waals surface area contributed by atoms with E-state index in [0.717, 1.165) is 0 Å². The summed E-state index contributed by atoms with van der Waals surface area (Å²) in [6.45, 7) is 0. The van der Waals surface area contributed by atoms with E-state index in [1.54, 1.807) is 61.9 Å². The Morgan fingerprint density at radius 2 is 1.83 bits per heavy atom. The van der Waals surface area contributed by atoms with E-state index in [1.807, 2.05) is 0 Å². The number of ether oxygens (including phenoxy) is 1. The Morgan fingerprint density at radius 1 is 1.12 bits per heavy atom. The average molecular weight is 320 g/mol. The Bertz CT molecular complexity index is 917. The highest BCUT2D eigenvalue weighted by Crippen LogP contribution is 2.31. The first-order chi connectivity index (χ1) is 11.6. The lowest BCUT2D eigenvalue weighted by atomic mass is 9.99. The van der Waals surface area contributed by atoms with Crippen LogP contribution >= 0.6 is 0 Å². The normalized spacial score (nSPS) is 10.4. The van der Waals surface area contributed by atoms with Gasteiger partial charge in [0.1, 0.15) is 11.5 Å². The van der Waals surface area contributed by atoms with E-state index >= 15 is 0 Å². The number of amides is 1. The molecule has 0 bridgehead atoms. The SMILES string of the molecule is COc1ccc(NC(=O)c2c(O)c([C]=O)cc3ccccc23)cc1. The summed E-state index contributed by atoms with van der Waals surface area (Å²) in [4.78, 5) is 23.7. The van der Waals surface area contributed by atoms with Crippen molar-refractivity contribution in [3.05, 3.63) is 65.7 Å². The minimum atomic E-state index is -0.508. The third-order valence-corrected chi connectivity index (χ3v) is 3.71. The van der Waals surface area contributed by atoms with Crippen molar-refractivity contribution in [2.24, 2.45) is 0 Å². The molecule has 0 atom stereocenters. The van der Waals surface area contributed by atoms with Gasteiger partial charge in [0.05, 0.1) is 18.2 Å². The molecule has 1 radical (unpaired) electrons. The van der Waals surface area contributed by atoms with Gasteiger partial charge in [-0.25, -0.2) is 0 Å². The fourth-order valence-corrected chi connectivity index (χ4v) is 2.51. The molecule has 0 aliphatic heterocycles. The van der Waals surface area contributed by atoms with E-state index < -0.39 is 5.91 Å². The van der Waals surface area contributed by atoms with E-state index in [9.17, 15) is 14.7 Å². The minimum absolute atomic E-state index is 0.0438. The number of hydrogen-bond acceptors (Lipinski definition) is 4. The zero-order valence-corrected chi connectivity index (χ0v) is 12.9. The van der Waals surface area contributed by atoms with Crippen LogP contribution in [0.25, 0.3) is 10.8 Å². The van der Waals surface area contributed by atoms with E-state index in [-0.39, 0.29) is 16.9 Å². The number of nitrogens with one attached hydrogen (secondary N) is 1. The maximum atomic E-state index is 12.6. The summed E-state index contributed by atoms with van der Waals surface area (Å²) in [5, 5.41) is 14.2. The monoisotopic (exact) mass is 320 g/mol. The summed E-state index contributed by atoms with van der Waals surface area (Å²) < 4.78 is 5.07. The van der Waals surface area contributed by atoms with Crippen LogP contribution in [0.4, 0.5) is 5.69 Å². The number of fused-ring (bicyclic) bond motifs is 1. The van der Waals surface area contributed by atoms with Gasteiger partial charge in [-0.05, 0) is 41.1 Å². The molecule has 24 heavy (non-hydrogen) atoms. The van der Waals surface area contributed by atoms with E-state index in [1.165, 1.54) is 6.07 Å². The first-order valence-electron chi connectivity index (χ1n) is 7.22. The second-order valence-electron chi connectivity index (χ2n) is 5.15. The van der Waals surface area contributed by atoms with Crippen LogP contribution in [0, 0.1) is 0 Å². The molecule has 5 nitrogen and oxygen atoms in total. The maximum absolute atomic E-state index is 12.6. The molecule has 3 aromatic rings. The van der Waals surface area contributed by atoms with Gasteiger partial charge in [-0.15, -0.1) is 0 Å². The summed E-state index contributed by atoms with van der Waals surface area (Å²) in [6.07, 6.45) is 1.67. The zero-order valence-electron chi connectivity index (χ0n) is 12.9. The number of phenolic OH excluding ortho intramolecular Hbond substituents is 1. The number of benzene rings is 3. The number of carbonyl (C=O) groups excluding carboxylic acids is 2. The number of carbonyl (C=O) groups is 1. The first kappa shape index (κ1) is 15.6. The average Bonchev–Trinajstić information content (AvgIpc) is 2.61. The second-order valence-corrected chi connectivity index (χ2v) is 5.15. The molecule has 0 heterocycles. The third kappa shape index (κ3) is 2.79. The summed E-state index contributed by atoms with van der Waals surface area (Å²) in [6, 6.07) is 15.3. The lowest BCUT2D eigenvalue weighted by Crippen LogP contribution is -2.13. The highest BCUT2D eigenvalue weighted by atomic mass is 16.5. The van der Waals surface area contributed by atoms with Crippen LogP contribution in [0.1, 0.15) is 15.9 Å². The van der Waals surface area contributed by atoms with Crippen LogP contribution < -0.4 is 10.1 Å². The minimum Gasteiger partial charge on any atom is -0.506 e. The van der Waals surface area contributed by atoms with Crippen molar-refractivity contribution in [2.75, 3.05) is 12.4 Å². The van der Waals surface area contributed by atoms with Gasteiger partial charge in [0.2, 0.25) is 6.29 Å². The molecule has 2 N–H and O–H groups in total. The molecule has 0 unspecified atom stereocenters. The highest BCUT2D eigenvalue weighted by molar-refractivity contribution is 6.16. The fraction of sp³-hybridized carbons (Fsp3) is 0.0526. The van der Waals surface area contributed by atoms with Crippen LogP contribution in [0.2, 0.25) is 0 Å². The van der Waals surface area contributed by atoms with Crippen LogP contribution in [-0.2, 0) is 4.79 Å². The third-order valence-electron chi connectivity index (χ3n) is 3.71. The number of anilines is 1. The number of phenols is 1. The van der Waals surface area contributed by atoms with Crippen LogP contribution in [0.3, 0.4) is 0 Å². The summed E-state index contributed by atoms with van der Waals surface area (Å²) in [5.41, 5.74) is 0.542. The van der Waals surface area contributed by atoms with E-state index in [2.05, 4.69) is 5.32 Å². The molecule has 0 saturated heterocycles. The largest absolute Gasteiger partial charge is 0.506 e. The van der Waals surface area contributed by atoms with Gasteiger partial charge in [-0.3, -0.25) is 9.59 Å². The molecule has 5 heteroatoms. The first-order valence-corrected chi connectivity index (χ1v) is 7.22. The lowest BCUT2D eigenvalue weighted by Gasteiger charge is -2.12. The molecule has 3 rings (SSSR count). The predicted molar refractivity (Wildman–Crippen MR) is 91.4 cm³/mol. The van der Waals surface area contributed by atoms with Gasteiger partial charge in [0.25, 0.3) is 5.91 Å². The molecule has 119 valence electrons. The molecule has 0 aromatic heterocycles. The standard InChI is InChI=1S/C19H14NO4/c1-24-15-8-6-14(7-9-15)20-19(23)17-16-5-3-2-4-12(16)10-13(11-21)18(17)22/h2-10,22H,1H3,(H,20,23). The highest BCUT2D eigenvalue weighted by Gasteiger charge is 2.19. The van der Waals surface area contributed by atoms with Gasteiger partial charge < -0.3 is 15.2 Å². The fourth-order valence-electron chi connectivity index (χ4n) is 2.51. The molecule has 0 fully saturated rings. The van der Waals surface area contributed by atoms with Crippen molar-refractivity contribution in [1.82, 2.24) is 0 Å². The van der Waals surface area contributed by atoms with Crippen LogP contribution in [-0.4, -0.2) is 24.4 Å². The Balaban J connectivity index is 2.05. The van der Waals surface area contributed by atoms with Crippen molar-refractivity contribution < 1.29 is 19.4 Å². The number of hydrogen-bond donors (Lipinski definition) is 2. The molecule has 0 saturated carbocycles. The maximum Gasteiger partial charge on any atom is 0.260 e. The number of methoxy groups -OCH3 is 1. The van der Waals surface area contributed by atoms with E-state index in [4.69, 9.17) is 4.74 Å². The Kier molecular flexibility index (Phi) is 4.16.